The third kappa shape index (κ3) is 4.73. The quantitative estimate of drug-likeness (QED) is 0.521. The van der Waals surface area contributed by atoms with Crippen molar-refractivity contribution in [3.63, 3.8) is 0 Å². The zero-order chi connectivity index (χ0) is 13.5. The van der Waals surface area contributed by atoms with E-state index in [1.54, 1.807) is 0 Å². The van der Waals surface area contributed by atoms with E-state index < -0.39 is 0 Å². The number of halogens is 1. The largest absolute Gasteiger partial charge is 0.378 e. The summed E-state index contributed by atoms with van der Waals surface area (Å²) < 4.78 is 5.28. The van der Waals surface area contributed by atoms with E-state index in [0.29, 0.717) is 5.96 Å². The minimum absolute atomic E-state index is 0.638. The number of benzene rings is 1. The summed E-state index contributed by atoms with van der Waals surface area (Å²) in [7, 11) is 0. The number of rotatable bonds is 4. The molecule has 19 heavy (non-hydrogen) atoms. The Balaban J connectivity index is 1.71. The van der Waals surface area contributed by atoms with Gasteiger partial charge >= 0.3 is 0 Å². The number of hydrogen-bond acceptors (Lipinski definition) is 2. The maximum atomic E-state index is 5.95. The Kier molecular flexibility index (Phi) is 5.48. The summed E-state index contributed by atoms with van der Waals surface area (Å²) in [5.74, 6) is 0.638. The maximum absolute atomic E-state index is 5.95. The van der Waals surface area contributed by atoms with E-state index in [0.717, 1.165) is 50.7 Å². The molecule has 0 atom stereocenters. The molecule has 1 heterocycles. The third-order valence-corrected chi connectivity index (χ3v) is 3.40. The van der Waals surface area contributed by atoms with Crippen LogP contribution in [0.2, 0.25) is 5.02 Å². The van der Waals surface area contributed by atoms with Crippen molar-refractivity contribution in [1.82, 2.24) is 4.90 Å². The number of morpholine rings is 1. The van der Waals surface area contributed by atoms with E-state index in [1.165, 1.54) is 5.56 Å². The highest BCUT2D eigenvalue weighted by Crippen LogP contribution is 2.10. The fourth-order valence-corrected chi connectivity index (χ4v) is 2.15. The molecule has 0 amide bonds. The zero-order valence-corrected chi connectivity index (χ0v) is 11.8. The van der Waals surface area contributed by atoms with Gasteiger partial charge < -0.3 is 15.4 Å². The molecule has 1 aliphatic heterocycles. The number of aryl methyl sites for hydroxylation is 1. The Morgan fingerprint density at radius 3 is 2.63 bits per heavy atom. The van der Waals surface area contributed by atoms with Crippen LogP contribution in [0.25, 0.3) is 0 Å². The fraction of sp³-hybridized carbons (Fsp3) is 0.500. The second-order valence-electron chi connectivity index (χ2n) is 4.57. The number of nitrogens with zero attached hydrogens (tertiary/aromatic N) is 2. The Hall–Kier alpha value is -1.26. The molecule has 0 aromatic heterocycles. The number of ether oxygens (including phenoxy) is 1. The van der Waals surface area contributed by atoms with Crippen molar-refractivity contribution in [3.8, 4) is 0 Å². The molecule has 0 saturated carbocycles. The zero-order valence-electron chi connectivity index (χ0n) is 11.0. The highest BCUT2D eigenvalue weighted by Gasteiger charge is 2.11. The van der Waals surface area contributed by atoms with Gasteiger partial charge in [-0.3, -0.25) is 4.99 Å². The Bertz CT molecular complexity index is 413. The summed E-state index contributed by atoms with van der Waals surface area (Å²) in [5.41, 5.74) is 7.23. The van der Waals surface area contributed by atoms with Gasteiger partial charge in [0, 0.05) is 24.7 Å². The van der Waals surface area contributed by atoms with Crippen molar-refractivity contribution in [3.05, 3.63) is 34.9 Å². The van der Waals surface area contributed by atoms with E-state index in [9.17, 15) is 0 Å². The normalized spacial score (nSPS) is 16.7. The standard InChI is InChI=1S/C14H20ClN3O/c15-13-5-3-12(4-6-13)2-1-7-17-14(16)18-8-10-19-11-9-18/h3-6H,1-2,7-11H2,(H2,16,17). The molecule has 1 saturated heterocycles. The monoisotopic (exact) mass is 281 g/mol. The minimum Gasteiger partial charge on any atom is -0.378 e. The van der Waals surface area contributed by atoms with Crippen LogP contribution in [0.4, 0.5) is 0 Å². The van der Waals surface area contributed by atoms with Crippen molar-refractivity contribution in [2.75, 3.05) is 32.8 Å². The van der Waals surface area contributed by atoms with Crippen LogP contribution >= 0.6 is 11.6 Å². The molecule has 2 N–H and O–H groups in total. The fourth-order valence-electron chi connectivity index (χ4n) is 2.02. The average Bonchev–Trinajstić information content (AvgIpc) is 2.46. The SMILES string of the molecule is NC(=NCCCc1ccc(Cl)cc1)N1CCOCC1. The van der Waals surface area contributed by atoms with Gasteiger partial charge in [0.05, 0.1) is 13.2 Å². The van der Waals surface area contributed by atoms with Crippen molar-refractivity contribution in [1.29, 1.82) is 0 Å². The summed E-state index contributed by atoms with van der Waals surface area (Å²) in [6.45, 7) is 3.91. The predicted octanol–water partition coefficient (Wildman–Crippen LogP) is 1.92. The Morgan fingerprint density at radius 2 is 1.95 bits per heavy atom. The van der Waals surface area contributed by atoms with Crippen LogP contribution in [0.1, 0.15) is 12.0 Å². The molecule has 1 aromatic carbocycles. The molecule has 1 aliphatic rings. The van der Waals surface area contributed by atoms with Gasteiger partial charge in [0.1, 0.15) is 0 Å². The van der Waals surface area contributed by atoms with E-state index in [2.05, 4.69) is 22.0 Å². The molecule has 0 aliphatic carbocycles. The summed E-state index contributed by atoms with van der Waals surface area (Å²) in [6.07, 6.45) is 1.99. The minimum atomic E-state index is 0.638. The molecule has 2 rings (SSSR count). The van der Waals surface area contributed by atoms with Crippen LogP contribution in [0.3, 0.4) is 0 Å². The van der Waals surface area contributed by atoms with E-state index in [4.69, 9.17) is 22.1 Å². The summed E-state index contributed by atoms with van der Waals surface area (Å²) >= 11 is 5.85. The van der Waals surface area contributed by atoms with Crippen LogP contribution in [0.5, 0.6) is 0 Å². The van der Waals surface area contributed by atoms with E-state index in [-0.39, 0.29) is 0 Å². The number of hydrogen-bond donors (Lipinski definition) is 1. The molecule has 0 unspecified atom stereocenters. The Morgan fingerprint density at radius 1 is 1.26 bits per heavy atom. The number of nitrogens with two attached hydrogens (primary N) is 1. The lowest BCUT2D eigenvalue weighted by Gasteiger charge is -2.27. The first-order valence-corrected chi connectivity index (χ1v) is 7.00. The van der Waals surface area contributed by atoms with Gasteiger partial charge in [-0.2, -0.15) is 0 Å². The van der Waals surface area contributed by atoms with Gasteiger partial charge in [-0.1, -0.05) is 23.7 Å². The lowest BCUT2D eigenvalue weighted by Crippen LogP contribution is -2.44. The smallest absolute Gasteiger partial charge is 0.191 e. The lowest BCUT2D eigenvalue weighted by atomic mass is 10.1. The predicted molar refractivity (Wildman–Crippen MR) is 78.7 cm³/mol. The van der Waals surface area contributed by atoms with Gasteiger partial charge in [0.15, 0.2) is 5.96 Å². The molecular formula is C14H20ClN3O. The summed E-state index contributed by atoms with van der Waals surface area (Å²) in [5, 5.41) is 0.776. The average molecular weight is 282 g/mol. The van der Waals surface area contributed by atoms with E-state index >= 15 is 0 Å². The second-order valence-corrected chi connectivity index (χ2v) is 5.01. The first-order chi connectivity index (χ1) is 9.25. The number of guanidine groups is 1. The molecule has 1 fully saturated rings. The molecule has 1 aromatic rings. The first-order valence-electron chi connectivity index (χ1n) is 6.63. The maximum Gasteiger partial charge on any atom is 0.191 e. The van der Waals surface area contributed by atoms with Crippen LogP contribution in [0, 0.1) is 0 Å². The molecule has 0 radical (unpaired) electrons. The first kappa shape index (κ1) is 14.2. The second kappa shape index (κ2) is 7.36. The van der Waals surface area contributed by atoms with Crippen molar-refractivity contribution >= 4 is 17.6 Å². The third-order valence-electron chi connectivity index (χ3n) is 3.15. The van der Waals surface area contributed by atoms with Gasteiger partial charge in [-0.25, -0.2) is 0 Å². The van der Waals surface area contributed by atoms with E-state index in [1.807, 2.05) is 12.1 Å². The van der Waals surface area contributed by atoms with Crippen molar-refractivity contribution in [2.45, 2.75) is 12.8 Å². The molecule has 104 valence electrons. The molecule has 0 bridgehead atoms. The summed E-state index contributed by atoms with van der Waals surface area (Å²) in [6, 6.07) is 7.94. The molecule has 4 nitrogen and oxygen atoms in total. The Labute approximate surface area is 119 Å². The van der Waals surface area contributed by atoms with Gasteiger partial charge in [-0.05, 0) is 30.5 Å². The molecule has 0 spiro atoms. The lowest BCUT2D eigenvalue weighted by molar-refractivity contribution is 0.0674. The van der Waals surface area contributed by atoms with Crippen molar-refractivity contribution < 1.29 is 4.74 Å². The van der Waals surface area contributed by atoms with Gasteiger partial charge in [0.2, 0.25) is 0 Å². The van der Waals surface area contributed by atoms with Crippen LogP contribution in [-0.2, 0) is 11.2 Å². The van der Waals surface area contributed by atoms with Crippen LogP contribution in [-0.4, -0.2) is 43.7 Å². The summed E-state index contributed by atoms with van der Waals surface area (Å²) in [4.78, 5) is 6.49. The molecular weight excluding hydrogens is 262 g/mol. The van der Waals surface area contributed by atoms with Gasteiger partial charge in [0.25, 0.3) is 0 Å². The highest BCUT2D eigenvalue weighted by atomic mass is 35.5. The number of aliphatic imine (C=N–C) groups is 1. The topological polar surface area (TPSA) is 50.8 Å². The van der Waals surface area contributed by atoms with Crippen molar-refractivity contribution in [2.24, 2.45) is 10.7 Å². The highest BCUT2D eigenvalue weighted by molar-refractivity contribution is 6.30. The van der Waals surface area contributed by atoms with Crippen LogP contribution in [0.15, 0.2) is 29.3 Å². The van der Waals surface area contributed by atoms with Gasteiger partial charge in [-0.15, -0.1) is 0 Å². The van der Waals surface area contributed by atoms with Crippen LogP contribution < -0.4 is 5.73 Å². The molecule has 5 heteroatoms.